The number of carbonyl (C=O) groups is 1. The Morgan fingerprint density at radius 1 is 0.667 bits per heavy atom. The third-order valence-corrected chi connectivity index (χ3v) is 5.16. The molecule has 0 aliphatic rings. The number of halogens is 1. The van der Waals surface area contributed by atoms with Gasteiger partial charge < -0.3 is 17.3 Å². The molecule has 0 heterocycles. The zero-order chi connectivity index (χ0) is 22.3. The van der Waals surface area contributed by atoms with E-state index in [0.717, 1.165) is 22.6 Å². The number of amides is 1. The second-order valence-electron chi connectivity index (χ2n) is 7.69. The van der Waals surface area contributed by atoms with E-state index in [1.54, 1.807) is 4.90 Å². The van der Waals surface area contributed by atoms with E-state index >= 15 is 0 Å². The van der Waals surface area contributed by atoms with Crippen molar-refractivity contribution in [2.75, 3.05) is 19.0 Å². The van der Waals surface area contributed by atoms with Crippen molar-refractivity contribution in [2.45, 2.75) is 0 Å². The molecule has 4 rings (SSSR count). The molecular formula is C28H26ClN3O. The van der Waals surface area contributed by atoms with Crippen molar-refractivity contribution in [1.82, 2.24) is 0 Å². The van der Waals surface area contributed by atoms with Gasteiger partial charge in [-0.1, -0.05) is 66.7 Å². The number of para-hydroxylation sites is 2. The summed E-state index contributed by atoms with van der Waals surface area (Å²) in [6, 6.07) is 36.9. The van der Waals surface area contributed by atoms with Crippen LogP contribution in [0.5, 0.6) is 0 Å². The summed E-state index contributed by atoms with van der Waals surface area (Å²) in [5, 5.41) is 0. The molecule has 33 heavy (non-hydrogen) atoms. The molecule has 0 atom stereocenters. The molecule has 0 bridgehead atoms. The summed E-state index contributed by atoms with van der Waals surface area (Å²) in [5.74, 6) is 0.449. The van der Waals surface area contributed by atoms with E-state index < -0.39 is 0 Å². The van der Waals surface area contributed by atoms with Gasteiger partial charge in [-0.2, -0.15) is 0 Å². The molecular weight excluding hydrogens is 430 g/mol. The summed E-state index contributed by atoms with van der Waals surface area (Å²) in [6.07, 6.45) is 0. The fourth-order valence-corrected chi connectivity index (χ4v) is 3.44. The summed E-state index contributed by atoms with van der Waals surface area (Å²) in [5.41, 5.74) is 4.14. The lowest BCUT2D eigenvalue weighted by atomic mass is 10.1. The number of nitrogens with one attached hydrogen (secondary N) is 1. The highest BCUT2D eigenvalue weighted by molar-refractivity contribution is 6.28. The van der Waals surface area contributed by atoms with Gasteiger partial charge in [-0.05, 0) is 48.5 Å². The van der Waals surface area contributed by atoms with Crippen molar-refractivity contribution >= 4 is 28.8 Å². The van der Waals surface area contributed by atoms with Crippen LogP contribution in [-0.2, 0) is 0 Å². The molecule has 0 unspecified atom stereocenters. The molecule has 1 amide bonds. The average molecular weight is 456 g/mol. The third kappa shape index (κ3) is 5.75. The Balaban J connectivity index is 0.00000306. The molecule has 0 radical (unpaired) electrons. The van der Waals surface area contributed by atoms with Crippen LogP contribution in [0.15, 0.2) is 120 Å². The van der Waals surface area contributed by atoms with Gasteiger partial charge in [0.1, 0.15) is 11.5 Å². The van der Waals surface area contributed by atoms with Crippen molar-refractivity contribution in [2.24, 2.45) is 4.99 Å². The first-order chi connectivity index (χ1) is 15.6. The van der Waals surface area contributed by atoms with E-state index in [1.807, 2.05) is 115 Å². The molecule has 166 valence electrons. The van der Waals surface area contributed by atoms with Crippen LogP contribution < -0.4 is 22.2 Å². The molecule has 5 heteroatoms. The summed E-state index contributed by atoms with van der Waals surface area (Å²) in [6.45, 7) is 0. The maximum absolute atomic E-state index is 13.9. The predicted octanol–water partition coefficient (Wildman–Crippen LogP) is 1.89. The van der Waals surface area contributed by atoms with E-state index in [9.17, 15) is 4.79 Å². The number of quaternary nitrogens is 1. The van der Waals surface area contributed by atoms with E-state index in [2.05, 4.69) is 14.1 Å². The van der Waals surface area contributed by atoms with Gasteiger partial charge >= 0.3 is 0 Å². The molecule has 4 nitrogen and oxygen atoms in total. The van der Waals surface area contributed by atoms with E-state index in [-0.39, 0.29) is 18.3 Å². The minimum absolute atomic E-state index is 0. The number of nitrogens with zero attached hydrogens (tertiary/aromatic N) is 2. The van der Waals surface area contributed by atoms with Gasteiger partial charge in [0.25, 0.3) is 5.91 Å². The summed E-state index contributed by atoms with van der Waals surface area (Å²) >= 11 is 0. The van der Waals surface area contributed by atoms with Crippen LogP contribution in [-0.4, -0.2) is 25.8 Å². The number of aliphatic imine (C=N–C) groups is 1. The van der Waals surface area contributed by atoms with Gasteiger partial charge in [0, 0.05) is 11.1 Å². The number of anilines is 1. The molecule has 1 N–H and O–H groups in total. The second-order valence-corrected chi connectivity index (χ2v) is 7.69. The van der Waals surface area contributed by atoms with Crippen LogP contribution in [0.3, 0.4) is 0 Å². The smallest absolute Gasteiger partial charge is 0.264 e. The Labute approximate surface area is 201 Å². The standard InChI is InChI=1S/C28H25N3O.ClH/c1-30(2)25-20-18-23(19-21-25)28(32)31(26-16-10-5-11-17-26)27(22-12-6-3-7-13-22)29-24-14-8-4-9-15-24;/h3-21H,1-2H3;1H. The second kappa shape index (κ2) is 11.2. The van der Waals surface area contributed by atoms with Gasteiger partial charge in [-0.3, -0.25) is 9.69 Å². The van der Waals surface area contributed by atoms with Gasteiger partial charge in [0.2, 0.25) is 0 Å². The molecule has 4 aromatic carbocycles. The fourth-order valence-electron chi connectivity index (χ4n) is 3.44. The molecule has 0 aliphatic carbocycles. The highest BCUT2D eigenvalue weighted by Gasteiger charge is 2.25. The van der Waals surface area contributed by atoms with Crippen LogP contribution in [0.1, 0.15) is 15.9 Å². The first-order valence-corrected chi connectivity index (χ1v) is 10.6. The molecule has 0 saturated heterocycles. The molecule has 0 aliphatic heterocycles. The van der Waals surface area contributed by atoms with Gasteiger partial charge in [0.05, 0.1) is 25.5 Å². The quantitative estimate of drug-likeness (QED) is 0.362. The average Bonchev–Trinajstić information content (AvgIpc) is 2.85. The largest absolute Gasteiger partial charge is 1.00 e. The van der Waals surface area contributed by atoms with Crippen LogP contribution in [0.2, 0.25) is 0 Å². The van der Waals surface area contributed by atoms with Crippen molar-refractivity contribution in [3.63, 3.8) is 0 Å². The third-order valence-electron chi connectivity index (χ3n) is 5.16. The molecule has 0 aromatic heterocycles. The molecule has 4 aromatic rings. The Hall–Kier alpha value is -3.73. The molecule has 0 saturated carbocycles. The maximum Gasteiger partial charge on any atom is 0.264 e. The normalized spacial score (nSPS) is 11.1. The van der Waals surface area contributed by atoms with E-state index in [0.29, 0.717) is 11.4 Å². The van der Waals surface area contributed by atoms with E-state index in [1.165, 1.54) is 4.90 Å². The predicted molar refractivity (Wildman–Crippen MR) is 131 cm³/mol. The Morgan fingerprint density at radius 2 is 1.18 bits per heavy atom. The number of hydrogen-bond acceptors (Lipinski definition) is 2. The van der Waals surface area contributed by atoms with Crippen molar-refractivity contribution < 1.29 is 22.1 Å². The Morgan fingerprint density at radius 3 is 1.73 bits per heavy atom. The topological polar surface area (TPSA) is 37.1 Å². The zero-order valence-electron chi connectivity index (χ0n) is 18.7. The SMILES string of the molecule is C[NH+](C)c1ccc(C(=O)N(C(=Nc2ccccc2)c2ccccc2)c2ccccc2)cc1.[Cl-]. The lowest BCUT2D eigenvalue weighted by Gasteiger charge is -2.25. The van der Waals surface area contributed by atoms with E-state index in [4.69, 9.17) is 4.99 Å². The zero-order valence-corrected chi connectivity index (χ0v) is 19.4. The monoisotopic (exact) mass is 455 g/mol. The Bertz CT molecular complexity index is 1190. The first-order valence-electron chi connectivity index (χ1n) is 10.6. The highest BCUT2D eigenvalue weighted by atomic mass is 35.5. The van der Waals surface area contributed by atoms with Crippen LogP contribution in [0.25, 0.3) is 0 Å². The highest BCUT2D eigenvalue weighted by Crippen LogP contribution is 2.24. The number of benzene rings is 4. The van der Waals surface area contributed by atoms with Gasteiger partial charge in [0.15, 0.2) is 0 Å². The van der Waals surface area contributed by atoms with Gasteiger partial charge in [-0.15, -0.1) is 0 Å². The van der Waals surface area contributed by atoms with Crippen LogP contribution in [0.4, 0.5) is 17.1 Å². The summed E-state index contributed by atoms with van der Waals surface area (Å²) in [7, 11) is 4.13. The summed E-state index contributed by atoms with van der Waals surface area (Å²) < 4.78 is 0. The number of amidine groups is 1. The Kier molecular flexibility index (Phi) is 8.14. The number of carbonyl (C=O) groups excluding carboxylic acids is 1. The lowest BCUT2D eigenvalue weighted by Crippen LogP contribution is -3.00. The fraction of sp³-hybridized carbons (Fsp3) is 0.0714. The minimum Gasteiger partial charge on any atom is -1.00 e. The van der Waals surface area contributed by atoms with Crippen molar-refractivity contribution in [1.29, 1.82) is 0 Å². The number of hydrogen-bond donors (Lipinski definition) is 1. The van der Waals surface area contributed by atoms with Crippen molar-refractivity contribution in [3.05, 3.63) is 126 Å². The number of rotatable bonds is 5. The van der Waals surface area contributed by atoms with Crippen LogP contribution in [0, 0.1) is 0 Å². The van der Waals surface area contributed by atoms with Gasteiger partial charge in [-0.25, -0.2) is 4.99 Å². The molecule has 0 fully saturated rings. The lowest BCUT2D eigenvalue weighted by molar-refractivity contribution is -0.786. The maximum atomic E-state index is 13.9. The molecule has 0 spiro atoms. The first kappa shape index (κ1) is 23.9. The van der Waals surface area contributed by atoms with Crippen molar-refractivity contribution in [3.8, 4) is 0 Å². The van der Waals surface area contributed by atoms with Crippen LogP contribution >= 0.6 is 0 Å². The minimum atomic E-state index is -0.130. The summed E-state index contributed by atoms with van der Waals surface area (Å²) in [4.78, 5) is 21.7.